The van der Waals surface area contributed by atoms with E-state index in [4.69, 9.17) is 9.47 Å². The topological polar surface area (TPSA) is 47.1 Å². The molecule has 4 rings (SSSR count). The number of hydrogen-bond donors (Lipinski definition) is 1. The highest BCUT2D eigenvalue weighted by Gasteiger charge is 2.18. The molecule has 0 bridgehead atoms. The first kappa shape index (κ1) is 18.3. The first-order valence-corrected chi connectivity index (χ1v) is 10.5. The SMILES string of the molecule is c1ccc(-c2[nH]nc(SCCOC3CCCCO3)c2-c2ccccc2)cc1. The van der Waals surface area contributed by atoms with Crippen molar-refractivity contribution in [2.24, 2.45) is 0 Å². The van der Waals surface area contributed by atoms with Gasteiger partial charge in [-0.2, -0.15) is 5.10 Å². The number of thioether (sulfide) groups is 1. The van der Waals surface area contributed by atoms with Gasteiger partial charge in [0, 0.05) is 23.5 Å². The van der Waals surface area contributed by atoms with Gasteiger partial charge in [-0.1, -0.05) is 60.7 Å². The van der Waals surface area contributed by atoms with Crippen molar-refractivity contribution < 1.29 is 9.47 Å². The van der Waals surface area contributed by atoms with Crippen LogP contribution in [0.25, 0.3) is 22.4 Å². The van der Waals surface area contributed by atoms with Crippen molar-refractivity contribution in [3.05, 3.63) is 60.7 Å². The Bertz CT molecular complexity index is 830. The van der Waals surface area contributed by atoms with Gasteiger partial charge in [-0.15, -0.1) is 11.8 Å². The number of nitrogens with zero attached hydrogens (tertiary/aromatic N) is 1. The molecule has 1 N–H and O–H groups in total. The molecule has 3 aromatic rings. The third kappa shape index (κ3) is 4.61. The van der Waals surface area contributed by atoms with Crippen LogP contribution in [0.15, 0.2) is 65.7 Å². The Balaban J connectivity index is 1.49. The fourth-order valence-corrected chi connectivity index (χ4v) is 4.12. The minimum Gasteiger partial charge on any atom is -0.353 e. The predicted octanol–water partition coefficient (Wildman–Crippen LogP) is 5.38. The fraction of sp³-hybridized carbons (Fsp3) is 0.318. The summed E-state index contributed by atoms with van der Waals surface area (Å²) < 4.78 is 11.5. The van der Waals surface area contributed by atoms with Crippen LogP contribution in [0.4, 0.5) is 0 Å². The van der Waals surface area contributed by atoms with Crippen LogP contribution in [0.1, 0.15) is 19.3 Å². The summed E-state index contributed by atoms with van der Waals surface area (Å²) in [6.45, 7) is 1.48. The molecule has 1 unspecified atom stereocenters. The molecule has 2 aromatic carbocycles. The molecule has 27 heavy (non-hydrogen) atoms. The third-order valence-corrected chi connectivity index (χ3v) is 5.56. The lowest BCUT2D eigenvalue weighted by molar-refractivity contribution is -0.158. The number of benzene rings is 2. The molecule has 5 heteroatoms. The van der Waals surface area contributed by atoms with Gasteiger partial charge in [0.15, 0.2) is 6.29 Å². The quantitative estimate of drug-likeness (QED) is 0.442. The summed E-state index contributed by atoms with van der Waals surface area (Å²) in [6.07, 6.45) is 3.30. The van der Waals surface area contributed by atoms with Crippen molar-refractivity contribution >= 4 is 11.8 Å². The van der Waals surface area contributed by atoms with Gasteiger partial charge >= 0.3 is 0 Å². The molecule has 140 valence electrons. The van der Waals surface area contributed by atoms with E-state index in [-0.39, 0.29) is 6.29 Å². The van der Waals surface area contributed by atoms with Crippen molar-refractivity contribution in [1.29, 1.82) is 0 Å². The number of ether oxygens (including phenoxy) is 2. The minimum absolute atomic E-state index is 0.0352. The van der Waals surface area contributed by atoms with Crippen LogP contribution in [-0.2, 0) is 9.47 Å². The van der Waals surface area contributed by atoms with E-state index < -0.39 is 0 Å². The molecule has 0 aliphatic carbocycles. The summed E-state index contributed by atoms with van der Waals surface area (Å²) in [7, 11) is 0. The van der Waals surface area contributed by atoms with E-state index in [1.54, 1.807) is 11.8 Å². The summed E-state index contributed by atoms with van der Waals surface area (Å²) in [6, 6.07) is 20.8. The van der Waals surface area contributed by atoms with Crippen LogP contribution in [0.5, 0.6) is 0 Å². The fourth-order valence-electron chi connectivity index (χ4n) is 3.28. The molecular weight excluding hydrogens is 356 g/mol. The van der Waals surface area contributed by atoms with E-state index in [2.05, 4.69) is 58.7 Å². The van der Waals surface area contributed by atoms with E-state index in [9.17, 15) is 0 Å². The molecule has 1 aliphatic rings. The van der Waals surface area contributed by atoms with Gasteiger partial charge in [0.05, 0.1) is 12.3 Å². The Morgan fingerprint density at radius 2 is 1.74 bits per heavy atom. The Kier molecular flexibility index (Phi) is 6.25. The number of H-pyrrole nitrogens is 1. The van der Waals surface area contributed by atoms with E-state index in [0.717, 1.165) is 47.0 Å². The zero-order valence-electron chi connectivity index (χ0n) is 15.3. The van der Waals surface area contributed by atoms with Crippen LogP contribution < -0.4 is 0 Å². The van der Waals surface area contributed by atoms with Crippen LogP contribution >= 0.6 is 11.8 Å². The van der Waals surface area contributed by atoms with Crippen molar-refractivity contribution in [2.45, 2.75) is 30.6 Å². The van der Waals surface area contributed by atoms with Crippen molar-refractivity contribution in [3.63, 3.8) is 0 Å². The highest BCUT2D eigenvalue weighted by atomic mass is 32.2. The molecule has 4 nitrogen and oxygen atoms in total. The minimum atomic E-state index is -0.0352. The lowest BCUT2D eigenvalue weighted by atomic mass is 10.0. The number of nitrogens with one attached hydrogen (secondary N) is 1. The number of rotatable bonds is 7. The second-order valence-corrected chi connectivity index (χ2v) is 7.61. The molecule has 0 spiro atoms. The molecule has 0 amide bonds. The molecule has 1 atom stereocenters. The first-order valence-electron chi connectivity index (χ1n) is 9.47. The van der Waals surface area contributed by atoms with Gasteiger partial charge in [0.1, 0.15) is 5.03 Å². The molecule has 1 fully saturated rings. The average Bonchev–Trinajstić information content (AvgIpc) is 3.17. The van der Waals surface area contributed by atoms with Crippen LogP contribution in [0.3, 0.4) is 0 Å². The largest absolute Gasteiger partial charge is 0.353 e. The number of aromatic nitrogens is 2. The Morgan fingerprint density at radius 3 is 2.44 bits per heavy atom. The molecule has 0 saturated carbocycles. The van der Waals surface area contributed by atoms with Crippen molar-refractivity contribution in [1.82, 2.24) is 10.2 Å². The van der Waals surface area contributed by atoms with Crippen molar-refractivity contribution in [3.8, 4) is 22.4 Å². The lowest BCUT2D eigenvalue weighted by Gasteiger charge is -2.22. The molecule has 1 saturated heterocycles. The summed E-state index contributed by atoms with van der Waals surface area (Å²) in [5.41, 5.74) is 4.52. The Hall–Kier alpha value is -2.08. The highest BCUT2D eigenvalue weighted by Crippen LogP contribution is 2.37. The van der Waals surface area contributed by atoms with Crippen LogP contribution in [-0.4, -0.2) is 35.5 Å². The summed E-state index contributed by atoms with van der Waals surface area (Å²) in [5, 5.41) is 8.86. The molecular formula is C22H24N2O2S. The zero-order valence-corrected chi connectivity index (χ0v) is 16.1. The maximum atomic E-state index is 5.86. The van der Waals surface area contributed by atoms with Gasteiger partial charge < -0.3 is 9.47 Å². The Morgan fingerprint density at radius 1 is 1.00 bits per heavy atom. The van der Waals surface area contributed by atoms with Gasteiger partial charge in [0.2, 0.25) is 0 Å². The van der Waals surface area contributed by atoms with Crippen LogP contribution in [0.2, 0.25) is 0 Å². The molecule has 1 aromatic heterocycles. The smallest absolute Gasteiger partial charge is 0.157 e. The van der Waals surface area contributed by atoms with E-state index in [0.29, 0.717) is 6.61 Å². The summed E-state index contributed by atoms with van der Waals surface area (Å²) >= 11 is 1.72. The zero-order chi connectivity index (χ0) is 18.3. The number of aromatic amines is 1. The lowest BCUT2D eigenvalue weighted by Crippen LogP contribution is -2.23. The third-order valence-electron chi connectivity index (χ3n) is 4.62. The molecule has 0 radical (unpaired) electrons. The standard InChI is InChI=1S/C22H24N2O2S/c1-3-9-17(10-4-1)20-21(18-11-5-2-6-12-18)23-24-22(20)27-16-15-26-19-13-7-8-14-25-19/h1-6,9-12,19H,7-8,13-16H2,(H,23,24). The monoisotopic (exact) mass is 380 g/mol. The van der Waals surface area contributed by atoms with E-state index >= 15 is 0 Å². The van der Waals surface area contributed by atoms with Gasteiger partial charge in [0.25, 0.3) is 0 Å². The first-order chi connectivity index (χ1) is 13.4. The number of hydrogen-bond acceptors (Lipinski definition) is 4. The van der Waals surface area contributed by atoms with E-state index in [1.807, 2.05) is 12.1 Å². The highest BCUT2D eigenvalue weighted by molar-refractivity contribution is 7.99. The van der Waals surface area contributed by atoms with Gasteiger partial charge in [-0.05, 0) is 24.8 Å². The van der Waals surface area contributed by atoms with Crippen LogP contribution in [0, 0.1) is 0 Å². The average molecular weight is 381 g/mol. The maximum absolute atomic E-state index is 5.86. The van der Waals surface area contributed by atoms with Gasteiger partial charge in [-0.25, -0.2) is 0 Å². The van der Waals surface area contributed by atoms with Gasteiger partial charge in [-0.3, -0.25) is 5.10 Å². The normalized spacial score (nSPS) is 17.1. The summed E-state index contributed by atoms with van der Waals surface area (Å²) in [5.74, 6) is 0.846. The summed E-state index contributed by atoms with van der Waals surface area (Å²) in [4.78, 5) is 0. The van der Waals surface area contributed by atoms with Crippen molar-refractivity contribution in [2.75, 3.05) is 19.0 Å². The second-order valence-electron chi connectivity index (χ2n) is 6.53. The Labute approximate surface area is 164 Å². The molecule has 1 aliphatic heterocycles. The molecule has 2 heterocycles. The van der Waals surface area contributed by atoms with E-state index in [1.165, 1.54) is 12.0 Å². The second kappa shape index (κ2) is 9.22. The maximum Gasteiger partial charge on any atom is 0.157 e. The predicted molar refractivity (Wildman–Crippen MR) is 110 cm³/mol.